The number of carbonyl (C=O) groups excluding carboxylic acids is 1. The number of hydrogen-bond acceptors (Lipinski definition) is 7. The summed E-state index contributed by atoms with van der Waals surface area (Å²) in [6.45, 7) is 10.1. The number of hydrogen-bond donors (Lipinski definition) is 2. The number of nitrogens with one attached hydrogen (secondary N) is 2. The number of pyridine rings is 1. The topological polar surface area (TPSA) is 85.0 Å². The summed E-state index contributed by atoms with van der Waals surface area (Å²) >= 11 is 0. The number of allylic oxidation sites excluding steroid dienone is 2. The second kappa shape index (κ2) is 7.96. The first-order chi connectivity index (χ1) is 17.1. The molecule has 8 heteroatoms. The Labute approximate surface area is 204 Å². The lowest BCUT2D eigenvalue weighted by molar-refractivity contribution is -0.139. The molecule has 0 radical (unpaired) electrons. The fourth-order valence-corrected chi connectivity index (χ4v) is 6.23. The SMILES string of the molecule is C=C1OCC2C(=O)N3Cc4c(nc5cc6c(cc5c4CNC4CCNCC4)OCO6)C3=CC2C1C. The van der Waals surface area contributed by atoms with Crippen LogP contribution in [0.25, 0.3) is 16.6 Å². The number of carbonyl (C=O) groups is 1. The molecule has 5 aliphatic heterocycles. The molecule has 0 spiro atoms. The van der Waals surface area contributed by atoms with Crippen LogP contribution in [-0.2, 0) is 22.6 Å². The van der Waals surface area contributed by atoms with E-state index in [1.165, 1.54) is 5.56 Å². The molecule has 182 valence electrons. The molecule has 5 aliphatic rings. The molecule has 6 heterocycles. The Morgan fingerprint density at radius 3 is 2.83 bits per heavy atom. The molecule has 1 aromatic heterocycles. The van der Waals surface area contributed by atoms with Crippen LogP contribution in [0.1, 0.15) is 36.6 Å². The summed E-state index contributed by atoms with van der Waals surface area (Å²) in [6.07, 6.45) is 4.46. The van der Waals surface area contributed by atoms with Crippen LogP contribution in [0.4, 0.5) is 0 Å². The molecule has 2 fully saturated rings. The molecular formula is C27H30N4O4. The third-order valence-electron chi connectivity index (χ3n) is 8.39. The molecule has 0 aliphatic carbocycles. The smallest absolute Gasteiger partial charge is 0.234 e. The van der Waals surface area contributed by atoms with Crippen molar-refractivity contribution in [2.75, 3.05) is 26.5 Å². The summed E-state index contributed by atoms with van der Waals surface area (Å²) in [5, 5.41) is 8.28. The number of amides is 1. The molecule has 2 N–H and O–H groups in total. The Kier molecular flexibility index (Phi) is 4.82. The first kappa shape index (κ1) is 21.2. The van der Waals surface area contributed by atoms with Crippen LogP contribution >= 0.6 is 0 Å². The van der Waals surface area contributed by atoms with Crippen molar-refractivity contribution >= 4 is 22.5 Å². The summed E-state index contributed by atoms with van der Waals surface area (Å²) in [4.78, 5) is 20.6. The van der Waals surface area contributed by atoms with E-state index in [0.717, 1.165) is 77.6 Å². The van der Waals surface area contributed by atoms with Crippen LogP contribution in [0.5, 0.6) is 11.5 Å². The van der Waals surface area contributed by atoms with Gasteiger partial charge in [-0.2, -0.15) is 0 Å². The Morgan fingerprint density at radius 1 is 1.20 bits per heavy atom. The van der Waals surface area contributed by atoms with E-state index >= 15 is 0 Å². The molecule has 8 nitrogen and oxygen atoms in total. The molecule has 35 heavy (non-hydrogen) atoms. The third kappa shape index (κ3) is 3.27. The van der Waals surface area contributed by atoms with Crippen LogP contribution in [0.15, 0.2) is 30.5 Å². The van der Waals surface area contributed by atoms with E-state index in [1.807, 2.05) is 11.0 Å². The van der Waals surface area contributed by atoms with Gasteiger partial charge in [0, 0.05) is 41.4 Å². The lowest BCUT2D eigenvalue weighted by Crippen LogP contribution is -2.46. The van der Waals surface area contributed by atoms with Gasteiger partial charge in [-0.05, 0) is 37.6 Å². The van der Waals surface area contributed by atoms with Gasteiger partial charge in [-0.3, -0.25) is 4.79 Å². The standard InChI is InChI=1S/C27H30N4O4/c1-14-15(2)33-12-21-17(14)7-23-26-20(11-31(23)27(21)32)19(10-29-16-3-5-28-6-4-16)18-8-24-25(35-13-34-24)9-22(18)30-26/h7-9,14,16-17,21,28-29H,2-6,10-13H2,1H3. The molecule has 3 atom stereocenters. The van der Waals surface area contributed by atoms with Crippen LogP contribution in [0.2, 0.25) is 0 Å². The van der Waals surface area contributed by atoms with Gasteiger partial charge >= 0.3 is 0 Å². The van der Waals surface area contributed by atoms with Crippen molar-refractivity contribution in [2.45, 2.75) is 38.9 Å². The Balaban J connectivity index is 1.35. The average molecular weight is 475 g/mol. The average Bonchev–Trinajstić information content (AvgIpc) is 3.48. The Morgan fingerprint density at radius 2 is 2.00 bits per heavy atom. The zero-order chi connectivity index (χ0) is 23.7. The first-order valence-electron chi connectivity index (χ1n) is 12.6. The van der Waals surface area contributed by atoms with Gasteiger partial charge in [0.1, 0.15) is 0 Å². The quantitative estimate of drug-likeness (QED) is 0.708. The van der Waals surface area contributed by atoms with Crippen LogP contribution in [0.3, 0.4) is 0 Å². The highest BCUT2D eigenvalue weighted by molar-refractivity contribution is 5.97. The number of ether oxygens (including phenoxy) is 3. The lowest BCUT2D eigenvalue weighted by atomic mass is 9.76. The molecule has 3 unspecified atom stereocenters. The van der Waals surface area contributed by atoms with Crippen molar-refractivity contribution in [3.63, 3.8) is 0 Å². The van der Waals surface area contributed by atoms with Crippen molar-refractivity contribution < 1.29 is 19.0 Å². The number of rotatable bonds is 3. The molecule has 0 saturated carbocycles. The molecule has 1 amide bonds. The largest absolute Gasteiger partial charge is 0.497 e. The molecule has 2 saturated heterocycles. The number of fused-ring (bicyclic) bond motifs is 6. The molecular weight excluding hydrogens is 444 g/mol. The van der Waals surface area contributed by atoms with E-state index in [0.29, 0.717) is 19.2 Å². The summed E-state index contributed by atoms with van der Waals surface area (Å²) in [5.41, 5.74) is 5.03. The van der Waals surface area contributed by atoms with Gasteiger partial charge in [-0.15, -0.1) is 0 Å². The van der Waals surface area contributed by atoms with Crippen molar-refractivity contribution in [2.24, 2.45) is 17.8 Å². The normalized spacial score (nSPS) is 27.4. The highest BCUT2D eigenvalue weighted by Gasteiger charge is 2.47. The van der Waals surface area contributed by atoms with Crippen LogP contribution in [0, 0.1) is 17.8 Å². The second-order valence-corrected chi connectivity index (χ2v) is 10.3. The van der Waals surface area contributed by atoms with Gasteiger partial charge in [-0.25, -0.2) is 4.98 Å². The number of benzene rings is 1. The third-order valence-corrected chi connectivity index (χ3v) is 8.39. The van der Waals surface area contributed by atoms with Gasteiger partial charge < -0.3 is 29.7 Å². The zero-order valence-corrected chi connectivity index (χ0v) is 19.9. The van der Waals surface area contributed by atoms with Crippen molar-refractivity contribution in [3.8, 4) is 11.5 Å². The van der Waals surface area contributed by atoms with E-state index in [1.54, 1.807) is 0 Å². The Bertz CT molecular complexity index is 1280. The maximum absolute atomic E-state index is 13.6. The van der Waals surface area contributed by atoms with Crippen molar-refractivity contribution in [3.05, 3.63) is 47.4 Å². The van der Waals surface area contributed by atoms with Gasteiger partial charge in [0.2, 0.25) is 12.7 Å². The van der Waals surface area contributed by atoms with E-state index < -0.39 is 0 Å². The monoisotopic (exact) mass is 474 g/mol. The number of nitrogens with zero attached hydrogens (tertiary/aromatic N) is 2. The van der Waals surface area contributed by atoms with Gasteiger partial charge in [-0.1, -0.05) is 19.6 Å². The Hall–Kier alpha value is -3.10. The zero-order valence-electron chi connectivity index (χ0n) is 19.9. The van der Waals surface area contributed by atoms with E-state index in [9.17, 15) is 4.79 Å². The van der Waals surface area contributed by atoms with Gasteiger partial charge in [0.05, 0.1) is 41.7 Å². The first-order valence-corrected chi connectivity index (χ1v) is 12.6. The number of aromatic nitrogens is 1. The van der Waals surface area contributed by atoms with Crippen molar-refractivity contribution in [1.82, 2.24) is 20.5 Å². The fourth-order valence-electron chi connectivity index (χ4n) is 6.23. The van der Waals surface area contributed by atoms with Crippen LogP contribution < -0.4 is 20.1 Å². The molecule has 7 rings (SSSR count). The maximum Gasteiger partial charge on any atom is 0.234 e. The van der Waals surface area contributed by atoms with Gasteiger partial charge in [0.15, 0.2) is 11.5 Å². The highest BCUT2D eigenvalue weighted by atomic mass is 16.7. The minimum absolute atomic E-state index is 0.0755. The highest BCUT2D eigenvalue weighted by Crippen LogP contribution is 2.47. The predicted octanol–water partition coefficient (Wildman–Crippen LogP) is 2.91. The minimum Gasteiger partial charge on any atom is -0.497 e. The number of piperidine rings is 1. The maximum atomic E-state index is 13.6. The minimum atomic E-state index is -0.176. The molecule has 1 aromatic carbocycles. The van der Waals surface area contributed by atoms with Gasteiger partial charge in [0.25, 0.3) is 0 Å². The van der Waals surface area contributed by atoms with E-state index in [2.05, 4.69) is 36.3 Å². The second-order valence-electron chi connectivity index (χ2n) is 10.3. The lowest BCUT2D eigenvalue weighted by Gasteiger charge is -2.40. The summed E-state index contributed by atoms with van der Waals surface area (Å²) in [7, 11) is 0. The van der Waals surface area contributed by atoms with Crippen LogP contribution in [-0.4, -0.2) is 48.3 Å². The predicted molar refractivity (Wildman–Crippen MR) is 130 cm³/mol. The van der Waals surface area contributed by atoms with E-state index in [-0.39, 0.29) is 30.5 Å². The molecule has 2 aromatic rings. The van der Waals surface area contributed by atoms with Crippen molar-refractivity contribution in [1.29, 1.82) is 0 Å². The van der Waals surface area contributed by atoms with E-state index in [4.69, 9.17) is 19.2 Å². The summed E-state index contributed by atoms with van der Waals surface area (Å²) < 4.78 is 17.1. The summed E-state index contributed by atoms with van der Waals surface area (Å²) in [6, 6.07) is 4.50. The fraction of sp³-hybridized carbons (Fsp3) is 0.481. The molecule has 0 bridgehead atoms. The summed E-state index contributed by atoms with van der Waals surface area (Å²) in [5.74, 6) is 2.35.